The van der Waals surface area contributed by atoms with E-state index in [1.165, 1.54) is 0 Å². The lowest BCUT2D eigenvalue weighted by atomic mass is 9.64. The number of carbonyl (C=O) groups is 2. The largest absolute Gasteiger partial charge is 0.324 e. The quantitative estimate of drug-likeness (QED) is 0.891. The molecule has 1 heterocycles. The SMILES string of the molecule is Cc1ccc2cccc(NC(=O)[C@@]34CC[C@@](C)(C(=O)C3)C4(C)C)c2n1. The Labute approximate surface area is 148 Å². The van der Waals surface area contributed by atoms with E-state index in [9.17, 15) is 9.59 Å². The van der Waals surface area contributed by atoms with E-state index in [1.54, 1.807) is 0 Å². The third-order valence-electron chi connectivity index (χ3n) is 7.25. The van der Waals surface area contributed by atoms with Crippen molar-refractivity contribution >= 4 is 28.3 Å². The Hall–Kier alpha value is -2.23. The summed E-state index contributed by atoms with van der Waals surface area (Å²) in [6, 6.07) is 9.79. The average molecular weight is 336 g/mol. The van der Waals surface area contributed by atoms with Gasteiger partial charge in [0.25, 0.3) is 0 Å². The normalized spacial score (nSPS) is 30.0. The van der Waals surface area contributed by atoms with Crippen molar-refractivity contribution in [2.24, 2.45) is 16.2 Å². The molecule has 1 amide bonds. The van der Waals surface area contributed by atoms with Gasteiger partial charge in [-0.1, -0.05) is 39.0 Å². The summed E-state index contributed by atoms with van der Waals surface area (Å²) in [4.78, 5) is 30.5. The fraction of sp³-hybridized carbons (Fsp3) is 0.476. The number of carbonyl (C=O) groups excluding carboxylic acids is 2. The maximum atomic E-state index is 13.3. The van der Waals surface area contributed by atoms with Gasteiger partial charge in [0.2, 0.25) is 5.91 Å². The highest BCUT2D eigenvalue weighted by molar-refractivity contribution is 6.07. The smallest absolute Gasteiger partial charge is 0.231 e. The Kier molecular flexibility index (Phi) is 3.19. The van der Waals surface area contributed by atoms with Crippen LogP contribution in [0.5, 0.6) is 0 Å². The van der Waals surface area contributed by atoms with Crippen molar-refractivity contribution in [1.29, 1.82) is 0 Å². The Morgan fingerprint density at radius 1 is 1.12 bits per heavy atom. The first kappa shape index (κ1) is 16.2. The lowest BCUT2D eigenvalue weighted by Gasteiger charge is -2.38. The molecule has 0 unspecified atom stereocenters. The van der Waals surface area contributed by atoms with Gasteiger partial charge in [0.15, 0.2) is 0 Å². The van der Waals surface area contributed by atoms with Crippen LogP contribution in [0.25, 0.3) is 10.9 Å². The highest BCUT2D eigenvalue weighted by Crippen LogP contribution is 2.70. The highest BCUT2D eigenvalue weighted by Gasteiger charge is 2.72. The summed E-state index contributed by atoms with van der Waals surface area (Å²) in [7, 11) is 0. The van der Waals surface area contributed by atoms with Crippen molar-refractivity contribution in [3.63, 3.8) is 0 Å². The lowest BCUT2D eigenvalue weighted by Crippen LogP contribution is -2.43. The monoisotopic (exact) mass is 336 g/mol. The zero-order chi connectivity index (χ0) is 18.0. The van der Waals surface area contributed by atoms with E-state index in [2.05, 4.69) is 24.1 Å². The Bertz CT molecular complexity index is 917. The van der Waals surface area contributed by atoms with Crippen molar-refractivity contribution in [3.05, 3.63) is 36.0 Å². The van der Waals surface area contributed by atoms with Crippen LogP contribution in [0.2, 0.25) is 0 Å². The number of pyridine rings is 1. The number of aromatic nitrogens is 1. The molecule has 2 aliphatic rings. The van der Waals surface area contributed by atoms with Gasteiger partial charge in [0.1, 0.15) is 5.78 Å². The van der Waals surface area contributed by atoms with Crippen molar-refractivity contribution < 1.29 is 9.59 Å². The number of Topliss-reactive ketones (excluding diaryl/α,β-unsaturated/α-hetero) is 1. The summed E-state index contributed by atoms with van der Waals surface area (Å²) < 4.78 is 0. The maximum absolute atomic E-state index is 13.3. The molecule has 0 saturated heterocycles. The van der Waals surface area contributed by atoms with E-state index >= 15 is 0 Å². The molecule has 0 spiro atoms. The first-order valence-corrected chi connectivity index (χ1v) is 8.92. The van der Waals surface area contributed by atoms with Crippen LogP contribution in [0, 0.1) is 23.2 Å². The second kappa shape index (κ2) is 4.90. The predicted molar refractivity (Wildman–Crippen MR) is 98.3 cm³/mol. The standard InChI is InChI=1S/C21H24N2O2/c1-13-8-9-14-6-5-7-15(17(14)22-13)23-18(25)21-11-10-20(4,16(24)12-21)19(21,2)3/h5-9H,10-12H2,1-4H3,(H,23,25)/t20-,21+/m0/s1. The Morgan fingerprint density at radius 2 is 1.88 bits per heavy atom. The third-order valence-corrected chi connectivity index (χ3v) is 7.25. The molecule has 4 rings (SSSR count). The number of fused-ring (bicyclic) bond motifs is 3. The van der Waals surface area contributed by atoms with E-state index in [0.29, 0.717) is 6.42 Å². The number of hydrogen-bond donors (Lipinski definition) is 1. The minimum absolute atomic E-state index is 0.0390. The van der Waals surface area contributed by atoms with Crippen LogP contribution in [0.1, 0.15) is 45.7 Å². The summed E-state index contributed by atoms with van der Waals surface area (Å²) in [6.45, 7) is 8.13. The second-order valence-electron chi connectivity index (χ2n) is 8.42. The topological polar surface area (TPSA) is 59.1 Å². The van der Waals surface area contributed by atoms with Crippen LogP contribution in [-0.4, -0.2) is 16.7 Å². The average Bonchev–Trinajstić information content (AvgIpc) is 2.86. The van der Waals surface area contributed by atoms with Crippen LogP contribution in [0.4, 0.5) is 5.69 Å². The van der Waals surface area contributed by atoms with Gasteiger partial charge in [-0.05, 0) is 37.3 Å². The van der Waals surface area contributed by atoms with Crippen LogP contribution >= 0.6 is 0 Å². The molecule has 4 nitrogen and oxygen atoms in total. The number of aryl methyl sites for hydroxylation is 1. The van der Waals surface area contributed by atoms with Crippen molar-refractivity contribution in [2.75, 3.05) is 5.32 Å². The molecule has 2 saturated carbocycles. The first-order valence-electron chi connectivity index (χ1n) is 8.92. The van der Waals surface area contributed by atoms with E-state index in [4.69, 9.17) is 0 Å². The minimum atomic E-state index is -0.620. The van der Waals surface area contributed by atoms with E-state index < -0.39 is 10.8 Å². The van der Waals surface area contributed by atoms with Gasteiger partial charge < -0.3 is 5.32 Å². The number of hydrogen-bond acceptors (Lipinski definition) is 3. The van der Waals surface area contributed by atoms with Gasteiger partial charge in [-0.15, -0.1) is 0 Å². The zero-order valence-electron chi connectivity index (χ0n) is 15.3. The Balaban J connectivity index is 1.75. The van der Waals surface area contributed by atoms with Gasteiger partial charge in [-0.25, -0.2) is 0 Å². The predicted octanol–water partition coefficient (Wildman–Crippen LogP) is 4.27. The molecule has 25 heavy (non-hydrogen) atoms. The summed E-state index contributed by atoms with van der Waals surface area (Å²) in [5.41, 5.74) is 1.09. The summed E-state index contributed by atoms with van der Waals surface area (Å²) in [5.74, 6) is 0.189. The number of para-hydroxylation sites is 1. The second-order valence-corrected chi connectivity index (χ2v) is 8.42. The van der Waals surface area contributed by atoms with E-state index in [0.717, 1.165) is 35.1 Å². The molecule has 1 aromatic carbocycles. The first-order chi connectivity index (χ1) is 11.7. The highest BCUT2D eigenvalue weighted by atomic mass is 16.2. The molecule has 2 aliphatic carbocycles. The van der Waals surface area contributed by atoms with E-state index in [-0.39, 0.29) is 17.1 Å². The number of nitrogens with zero attached hydrogens (tertiary/aromatic N) is 1. The molecule has 1 aromatic heterocycles. The number of ketones is 1. The van der Waals surface area contributed by atoms with Crippen LogP contribution in [0.3, 0.4) is 0 Å². The van der Waals surface area contributed by atoms with Gasteiger partial charge in [-0.3, -0.25) is 14.6 Å². The number of anilines is 1. The van der Waals surface area contributed by atoms with Crippen LogP contribution < -0.4 is 5.32 Å². The third kappa shape index (κ3) is 1.91. The summed E-state index contributed by atoms with van der Waals surface area (Å²) in [6.07, 6.45) is 1.91. The minimum Gasteiger partial charge on any atom is -0.324 e. The molecule has 130 valence electrons. The number of amides is 1. The van der Waals surface area contributed by atoms with Crippen molar-refractivity contribution in [3.8, 4) is 0 Å². The number of rotatable bonds is 2. The molecule has 0 radical (unpaired) electrons. The molecular formula is C21H24N2O2. The van der Waals surface area contributed by atoms with Crippen LogP contribution in [0.15, 0.2) is 30.3 Å². The summed E-state index contributed by atoms with van der Waals surface area (Å²) >= 11 is 0. The van der Waals surface area contributed by atoms with Gasteiger partial charge in [-0.2, -0.15) is 0 Å². The molecule has 2 atom stereocenters. The molecule has 0 aliphatic heterocycles. The Morgan fingerprint density at radius 3 is 2.52 bits per heavy atom. The number of benzene rings is 1. The molecule has 2 fully saturated rings. The summed E-state index contributed by atoms with van der Waals surface area (Å²) in [5, 5.41) is 4.11. The van der Waals surface area contributed by atoms with Gasteiger partial charge in [0.05, 0.1) is 16.6 Å². The van der Waals surface area contributed by atoms with E-state index in [1.807, 2.05) is 44.2 Å². The lowest BCUT2D eigenvalue weighted by molar-refractivity contribution is -0.131. The molecule has 2 aromatic rings. The number of nitrogens with one attached hydrogen (secondary N) is 1. The molecule has 4 heteroatoms. The zero-order valence-corrected chi connectivity index (χ0v) is 15.3. The van der Waals surface area contributed by atoms with Crippen molar-refractivity contribution in [1.82, 2.24) is 4.98 Å². The van der Waals surface area contributed by atoms with Gasteiger partial charge >= 0.3 is 0 Å². The fourth-order valence-corrected chi connectivity index (χ4v) is 4.95. The fourth-order valence-electron chi connectivity index (χ4n) is 4.95. The molecule has 1 N–H and O–H groups in total. The van der Waals surface area contributed by atoms with Crippen LogP contribution in [-0.2, 0) is 9.59 Å². The van der Waals surface area contributed by atoms with Crippen molar-refractivity contribution in [2.45, 2.75) is 47.0 Å². The maximum Gasteiger partial charge on any atom is 0.231 e. The van der Waals surface area contributed by atoms with Gasteiger partial charge in [0, 0.05) is 22.9 Å². The molecular weight excluding hydrogens is 312 g/mol. The molecule has 2 bridgehead atoms.